The van der Waals surface area contributed by atoms with Crippen molar-refractivity contribution in [1.82, 2.24) is 13.7 Å². The highest BCUT2D eigenvalue weighted by Crippen LogP contribution is 2.27. The lowest BCUT2D eigenvalue weighted by Crippen LogP contribution is -2.23. The summed E-state index contributed by atoms with van der Waals surface area (Å²) in [6.45, 7) is 13.8. The van der Waals surface area contributed by atoms with Crippen molar-refractivity contribution in [2.75, 3.05) is 11.5 Å². The maximum Gasteiger partial charge on any atom is 0.243 e. The summed E-state index contributed by atoms with van der Waals surface area (Å²) >= 11 is 4.32. The zero-order valence-electron chi connectivity index (χ0n) is 25.7. The summed E-state index contributed by atoms with van der Waals surface area (Å²) in [5.41, 5.74) is -3.41. The van der Waals surface area contributed by atoms with Crippen molar-refractivity contribution in [2.45, 2.75) is 92.8 Å². The lowest BCUT2D eigenvalue weighted by molar-refractivity contribution is -0.671. The second kappa shape index (κ2) is 22.4. The Hall–Kier alpha value is -1.32. The standard InChI is InChI=1S/3C8H15N2.C4H10O2PS2/c3*1-3-4-5-10-7-6-9(2)8-10;1-3-9(4-2)7(5,6)8/h3*6-8H,3-5H2,1-2H3;3-4H2,1-2H3/q3*+1;-3. The van der Waals surface area contributed by atoms with Crippen LogP contribution in [0.1, 0.15) is 73.1 Å². The van der Waals surface area contributed by atoms with E-state index < -0.39 is 15.8 Å². The van der Waals surface area contributed by atoms with Crippen molar-refractivity contribution in [3.63, 3.8) is 0 Å². The van der Waals surface area contributed by atoms with Crippen LogP contribution in [0.25, 0.3) is 0 Å². The van der Waals surface area contributed by atoms with Gasteiger partial charge in [-0.15, -0.1) is 0 Å². The van der Waals surface area contributed by atoms with Crippen molar-refractivity contribution >= 4 is 28.0 Å². The van der Waals surface area contributed by atoms with Gasteiger partial charge in [-0.2, -0.15) is 0 Å². The molecule has 0 saturated carbocycles. The largest absolute Gasteiger partial charge is 0.854 e. The second-order valence-corrected chi connectivity index (χ2v) is 17.6. The van der Waals surface area contributed by atoms with Gasteiger partial charge >= 0.3 is 0 Å². The fourth-order valence-corrected chi connectivity index (χ4v) is 8.28. The number of aryl methyl sites for hydroxylation is 6. The van der Waals surface area contributed by atoms with Gasteiger partial charge in [0.25, 0.3) is 0 Å². The molecule has 0 saturated heterocycles. The molecule has 0 atom stereocenters. The Bertz CT molecular complexity index is 939. The Labute approximate surface area is 246 Å². The van der Waals surface area contributed by atoms with Crippen molar-refractivity contribution < 1.29 is 23.5 Å². The predicted molar refractivity (Wildman–Crippen MR) is 164 cm³/mol. The fourth-order valence-electron chi connectivity index (χ4n) is 3.44. The molecule has 0 unspecified atom stereocenters. The van der Waals surface area contributed by atoms with Crippen LogP contribution in [-0.4, -0.2) is 25.2 Å². The van der Waals surface area contributed by atoms with E-state index in [0.29, 0.717) is 11.5 Å². The number of aromatic nitrogens is 6. The first-order chi connectivity index (χ1) is 18.5. The molecule has 3 aromatic heterocycles. The van der Waals surface area contributed by atoms with Gasteiger partial charge in [-0.05, 0) is 30.8 Å². The number of imidazole rings is 3. The molecule has 0 fully saturated rings. The molecule has 226 valence electrons. The third-order valence-electron chi connectivity index (χ3n) is 5.76. The quantitative estimate of drug-likeness (QED) is 0.193. The van der Waals surface area contributed by atoms with Crippen LogP contribution in [0.3, 0.4) is 0 Å². The molecular weight excluding hydrogens is 547 g/mol. The Balaban J connectivity index is 0.000000494. The van der Waals surface area contributed by atoms with Gasteiger partial charge in [0.05, 0.1) is 40.8 Å². The van der Waals surface area contributed by atoms with Crippen LogP contribution >= 0.6 is 5.69 Å². The van der Waals surface area contributed by atoms with Crippen molar-refractivity contribution in [3.8, 4) is 0 Å². The summed E-state index contributed by atoms with van der Waals surface area (Å²) in [6, 6.07) is 0. The molecule has 0 N–H and O–H groups in total. The molecule has 11 heteroatoms. The average molecular weight is 603 g/mol. The van der Waals surface area contributed by atoms with E-state index in [2.05, 4.69) is 117 Å². The third-order valence-corrected chi connectivity index (χ3v) is 13.1. The number of rotatable bonds is 11. The van der Waals surface area contributed by atoms with Gasteiger partial charge in [-0.25, -0.2) is 37.5 Å². The highest BCUT2D eigenvalue weighted by Gasteiger charge is 1.98. The fraction of sp³-hybridized carbons (Fsp3) is 0.679. The second-order valence-electron chi connectivity index (χ2n) is 9.50. The van der Waals surface area contributed by atoms with Crippen molar-refractivity contribution in [3.05, 3.63) is 56.2 Å². The Morgan fingerprint density at radius 2 is 0.897 bits per heavy atom. The zero-order valence-corrected chi connectivity index (χ0v) is 28.3. The van der Waals surface area contributed by atoms with E-state index in [4.69, 9.17) is 0 Å². The lowest BCUT2D eigenvalue weighted by atomic mass is 10.3. The van der Waals surface area contributed by atoms with E-state index in [-0.39, 0.29) is 0 Å². The van der Waals surface area contributed by atoms with Crippen LogP contribution in [0.15, 0.2) is 56.2 Å². The topological polar surface area (TPSA) is 72.5 Å². The number of hydrogen-bond acceptors (Lipinski definition) is 3. The van der Waals surface area contributed by atoms with E-state index in [0.717, 1.165) is 19.6 Å². The van der Waals surface area contributed by atoms with E-state index >= 15 is 0 Å². The summed E-state index contributed by atoms with van der Waals surface area (Å²) in [5.74, 6) is 1.33. The Morgan fingerprint density at radius 1 is 0.615 bits per heavy atom. The van der Waals surface area contributed by atoms with Crippen molar-refractivity contribution in [1.29, 1.82) is 0 Å². The first-order valence-corrected chi connectivity index (χ1v) is 19.0. The summed E-state index contributed by atoms with van der Waals surface area (Å²) < 4.78 is 12.8. The van der Waals surface area contributed by atoms with Gasteiger partial charge in [-0.3, -0.25) is 0 Å². The van der Waals surface area contributed by atoms with E-state index in [1.807, 2.05) is 35.0 Å². The molecule has 0 aliphatic heterocycles. The summed E-state index contributed by atoms with van der Waals surface area (Å²) in [4.78, 5) is 21.3. The minimum absolute atomic E-state index is 0.541. The molecule has 0 radical (unpaired) electrons. The SMILES string of the molecule is CCCCn1cc[n+](C)c1.CCCCn1cc[n+](C)c1.CCCCn1cc[n+](C)c1.CCS(CC)=P([O-])([O-])[S-]. The molecule has 3 heterocycles. The maximum absolute atomic E-state index is 10.6. The first kappa shape index (κ1) is 37.7. The molecule has 0 aliphatic carbocycles. The van der Waals surface area contributed by atoms with Crippen LogP contribution < -0.4 is 23.5 Å². The average Bonchev–Trinajstić information content (AvgIpc) is 3.62. The van der Waals surface area contributed by atoms with Crippen LogP contribution in [0, 0.1) is 0 Å². The Kier molecular flexibility index (Phi) is 21.6. The molecule has 39 heavy (non-hydrogen) atoms. The van der Waals surface area contributed by atoms with Gasteiger partial charge in [0.1, 0.15) is 37.2 Å². The zero-order chi connectivity index (χ0) is 29.7. The van der Waals surface area contributed by atoms with Gasteiger partial charge in [0.15, 0.2) is 0 Å². The molecule has 3 aromatic rings. The highest BCUT2D eigenvalue weighted by molar-refractivity contribution is 8.57. The molecule has 0 spiro atoms. The Morgan fingerprint density at radius 3 is 1.03 bits per heavy atom. The molecule has 0 aliphatic rings. The third kappa shape index (κ3) is 19.4. The van der Waals surface area contributed by atoms with Crippen LogP contribution in [-0.2, 0) is 63.1 Å². The van der Waals surface area contributed by atoms with E-state index in [1.54, 1.807) is 0 Å². The van der Waals surface area contributed by atoms with Crippen LogP contribution in [0.5, 0.6) is 0 Å². The summed E-state index contributed by atoms with van der Waals surface area (Å²) in [6.07, 6.45) is 26.5. The lowest BCUT2D eigenvalue weighted by Gasteiger charge is -2.53. The first-order valence-electron chi connectivity index (χ1n) is 14.2. The number of unbranched alkanes of at least 4 members (excludes halogenated alkanes) is 3. The number of hydrogen-bond donors (Lipinski definition) is 0. The smallest absolute Gasteiger partial charge is 0.243 e. The molecule has 3 rings (SSSR count). The van der Waals surface area contributed by atoms with Gasteiger partial charge < -0.3 is 27.7 Å². The summed E-state index contributed by atoms with van der Waals surface area (Å²) in [5, 5.41) is 0. The van der Waals surface area contributed by atoms with Gasteiger partial charge in [-0.1, -0.05) is 53.9 Å². The van der Waals surface area contributed by atoms with Crippen LogP contribution in [0.4, 0.5) is 0 Å². The summed E-state index contributed by atoms with van der Waals surface area (Å²) in [7, 11) is 5.59. The highest BCUT2D eigenvalue weighted by atomic mass is 32.9. The van der Waals surface area contributed by atoms with Gasteiger partial charge in [0, 0.05) is 0 Å². The minimum atomic E-state index is -3.41. The van der Waals surface area contributed by atoms with Gasteiger partial charge in [0.2, 0.25) is 19.0 Å². The van der Waals surface area contributed by atoms with E-state index in [9.17, 15) is 9.79 Å². The minimum Gasteiger partial charge on any atom is -0.854 e. The molecular formula is C28H55N6O2PS2. The molecule has 0 bridgehead atoms. The molecule has 0 aromatic carbocycles. The monoisotopic (exact) mass is 602 g/mol. The van der Waals surface area contributed by atoms with Crippen LogP contribution in [0.2, 0.25) is 0 Å². The van der Waals surface area contributed by atoms with Crippen molar-refractivity contribution in [2.24, 2.45) is 21.1 Å². The number of nitrogens with zero attached hydrogens (tertiary/aromatic N) is 6. The predicted octanol–water partition coefficient (Wildman–Crippen LogP) is 2.93. The van der Waals surface area contributed by atoms with E-state index in [1.165, 1.54) is 38.5 Å². The molecule has 0 amide bonds. The maximum atomic E-state index is 10.6. The normalized spacial score (nSPS) is 10.8. The molecule has 8 nitrogen and oxygen atoms in total.